The Morgan fingerprint density at radius 2 is 2.17 bits per heavy atom. The Hall–Kier alpha value is -1.66. The summed E-state index contributed by atoms with van der Waals surface area (Å²) in [6.07, 6.45) is 6.56. The predicted molar refractivity (Wildman–Crippen MR) is 95.9 cm³/mol. The van der Waals surface area contributed by atoms with Crippen molar-refractivity contribution in [2.24, 2.45) is 0 Å². The fourth-order valence-electron chi connectivity index (χ4n) is 3.34. The molecule has 24 heavy (non-hydrogen) atoms. The number of thiophene rings is 1. The van der Waals surface area contributed by atoms with Crippen molar-refractivity contribution in [2.75, 3.05) is 7.05 Å². The molecule has 0 spiro atoms. The van der Waals surface area contributed by atoms with Crippen molar-refractivity contribution < 1.29 is 4.84 Å². The molecule has 124 valence electrons. The monoisotopic (exact) mass is 359 g/mol. The average Bonchev–Trinajstić information content (AvgIpc) is 3.31. The lowest BCUT2D eigenvalue weighted by Gasteiger charge is -2.33. The normalized spacial score (nSPS) is 24.5. The first kappa shape index (κ1) is 15.8. The maximum Gasteiger partial charge on any atom is 0.107 e. The fourth-order valence-corrected chi connectivity index (χ4v) is 4.43. The van der Waals surface area contributed by atoms with E-state index in [2.05, 4.69) is 27.1 Å². The first-order valence-electron chi connectivity index (χ1n) is 7.83. The van der Waals surface area contributed by atoms with E-state index in [4.69, 9.17) is 16.4 Å². The highest BCUT2D eigenvalue weighted by molar-refractivity contribution is 7.10. The van der Waals surface area contributed by atoms with Crippen LogP contribution in [-0.2, 0) is 16.9 Å². The zero-order chi connectivity index (χ0) is 16.6. The Morgan fingerprint density at radius 1 is 1.33 bits per heavy atom. The molecule has 2 unspecified atom stereocenters. The summed E-state index contributed by atoms with van der Waals surface area (Å²) in [7, 11) is 2.02. The van der Waals surface area contributed by atoms with Crippen LogP contribution in [0.1, 0.15) is 23.0 Å². The summed E-state index contributed by atoms with van der Waals surface area (Å²) in [5, 5.41) is 4.88. The number of nitrogens with zero attached hydrogens (tertiary/aromatic N) is 3. The van der Waals surface area contributed by atoms with Crippen molar-refractivity contribution in [3.8, 4) is 0 Å². The minimum Gasteiger partial charge on any atom is -0.335 e. The third kappa shape index (κ3) is 2.78. The van der Waals surface area contributed by atoms with Gasteiger partial charge >= 0.3 is 0 Å². The van der Waals surface area contributed by atoms with E-state index in [1.165, 1.54) is 4.88 Å². The number of aromatic nitrogens is 2. The first-order valence-corrected chi connectivity index (χ1v) is 9.09. The van der Waals surface area contributed by atoms with Gasteiger partial charge < -0.3 is 4.57 Å². The minimum atomic E-state index is -0.209. The van der Waals surface area contributed by atoms with Crippen LogP contribution in [0.15, 0.2) is 60.5 Å². The van der Waals surface area contributed by atoms with E-state index in [-0.39, 0.29) is 11.6 Å². The van der Waals surface area contributed by atoms with Gasteiger partial charge in [-0.25, -0.2) is 4.98 Å². The summed E-state index contributed by atoms with van der Waals surface area (Å²) in [6, 6.07) is 12.2. The summed E-state index contributed by atoms with van der Waals surface area (Å²) in [5.74, 6) is 0. The number of hydrogen-bond donors (Lipinski definition) is 0. The Balaban J connectivity index is 1.69. The minimum absolute atomic E-state index is 0.0119. The molecule has 1 aliphatic rings. The van der Waals surface area contributed by atoms with Gasteiger partial charge in [-0.15, -0.1) is 11.3 Å². The largest absolute Gasteiger partial charge is 0.335 e. The molecule has 3 heterocycles. The molecule has 0 radical (unpaired) electrons. The molecular formula is C18H18ClN3OS. The Labute approximate surface area is 150 Å². The van der Waals surface area contributed by atoms with Crippen molar-refractivity contribution in [2.45, 2.75) is 24.6 Å². The van der Waals surface area contributed by atoms with Crippen LogP contribution in [0, 0.1) is 0 Å². The first-order chi connectivity index (χ1) is 11.7. The lowest BCUT2D eigenvalue weighted by molar-refractivity contribution is -0.175. The second kappa shape index (κ2) is 6.33. The van der Waals surface area contributed by atoms with Crippen molar-refractivity contribution in [1.29, 1.82) is 0 Å². The molecule has 1 aliphatic heterocycles. The molecule has 2 atom stereocenters. The SMILES string of the molecule is CN1OC(c2ccc(Cl)cc2)CC1(Cn1ccnc1)c1cccs1. The van der Waals surface area contributed by atoms with Crippen molar-refractivity contribution in [3.63, 3.8) is 0 Å². The molecule has 0 saturated carbocycles. The third-order valence-electron chi connectivity index (χ3n) is 4.64. The lowest BCUT2D eigenvalue weighted by atomic mass is 9.89. The van der Waals surface area contributed by atoms with Gasteiger partial charge in [0.05, 0.1) is 6.33 Å². The third-order valence-corrected chi connectivity index (χ3v) is 5.95. The number of benzene rings is 1. The molecule has 1 fully saturated rings. The molecule has 4 nitrogen and oxygen atoms in total. The quantitative estimate of drug-likeness (QED) is 0.687. The summed E-state index contributed by atoms with van der Waals surface area (Å²) in [5.41, 5.74) is 0.939. The predicted octanol–water partition coefficient (Wildman–Crippen LogP) is 4.50. The number of imidazole rings is 1. The van der Waals surface area contributed by atoms with E-state index < -0.39 is 0 Å². The van der Waals surface area contributed by atoms with Gasteiger partial charge in [-0.3, -0.25) is 4.84 Å². The molecule has 0 amide bonds. The van der Waals surface area contributed by atoms with Crippen LogP contribution < -0.4 is 0 Å². The van der Waals surface area contributed by atoms with Gasteiger partial charge in [0.2, 0.25) is 0 Å². The number of hydroxylamine groups is 2. The molecular weight excluding hydrogens is 342 g/mol. The van der Waals surface area contributed by atoms with Gasteiger partial charge in [0, 0.05) is 42.3 Å². The van der Waals surface area contributed by atoms with Crippen LogP contribution in [0.25, 0.3) is 0 Å². The van der Waals surface area contributed by atoms with Crippen LogP contribution in [0.3, 0.4) is 0 Å². The summed E-state index contributed by atoms with van der Waals surface area (Å²) < 4.78 is 2.11. The molecule has 2 aromatic heterocycles. The number of likely N-dealkylation sites (N-methyl/N-ethyl adjacent to an activating group) is 1. The van der Waals surface area contributed by atoms with Crippen molar-refractivity contribution >= 4 is 22.9 Å². The second-order valence-electron chi connectivity index (χ2n) is 6.09. The molecule has 0 bridgehead atoms. The Morgan fingerprint density at radius 3 is 2.83 bits per heavy atom. The molecule has 3 aromatic rings. The molecule has 1 saturated heterocycles. The van der Waals surface area contributed by atoms with Crippen LogP contribution >= 0.6 is 22.9 Å². The number of halogens is 1. The van der Waals surface area contributed by atoms with Gasteiger partial charge in [0.1, 0.15) is 11.6 Å². The highest BCUT2D eigenvalue weighted by Crippen LogP contribution is 2.48. The summed E-state index contributed by atoms with van der Waals surface area (Å²) in [4.78, 5) is 11.7. The zero-order valence-corrected chi connectivity index (χ0v) is 14.9. The van der Waals surface area contributed by atoms with Crippen molar-refractivity contribution in [1.82, 2.24) is 14.6 Å². The zero-order valence-electron chi connectivity index (χ0n) is 13.3. The van der Waals surface area contributed by atoms with Gasteiger partial charge in [0.25, 0.3) is 0 Å². The fraction of sp³-hybridized carbons (Fsp3) is 0.278. The summed E-state index contributed by atoms with van der Waals surface area (Å²) >= 11 is 7.79. The topological polar surface area (TPSA) is 30.3 Å². The number of rotatable bonds is 4. The van der Waals surface area contributed by atoms with E-state index in [1.54, 1.807) is 11.3 Å². The highest BCUT2D eigenvalue weighted by atomic mass is 35.5. The van der Waals surface area contributed by atoms with Gasteiger partial charge in [0.15, 0.2) is 0 Å². The summed E-state index contributed by atoms with van der Waals surface area (Å²) in [6.45, 7) is 0.800. The maximum absolute atomic E-state index is 6.24. The van der Waals surface area contributed by atoms with E-state index in [0.29, 0.717) is 0 Å². The smallest absolute Gasteiger partial charge is 0.107 e. The van der Waals surface area contributed by atoms with E-state index in [1.807, 2.05) is 55.1 Å². The average molecular weight is 360 g/mol. The molecule has 4 rings (SSSR count). The van der Waals surface area contributed by atoms with E-state index in [0.717, 1.165) is 23.6 Å². The Bertz CT molecular complexity index is 788. The second-order valence-corrected chi connectivity index (χ2v) is 7.48. The number of hydrogen-bond acceptors (Lipinski definition) is 4. The van der Waals surface area contributed by atoms with E-state index in [9.17, 15) is 0 Å². The van der Waals surface area contributed by atoms with Gasteiger partial charge in [-0.1, -0.05) is 29.8 Å². The highest BCUT2D eigenvalue weighted by Gasteiger charge is 2.48. The van der Waals surface area contributed by atoms with E-state index >= 15 is 0 Å². The molecule has 6 heteroatoms. The van der Waals surface area contributed by atoms with Crippen LogP contribution in [-0.4, -0.2) is 21.7 Å². The van der Waals surface area contributed by atoms with Crippen LogP contribution in [0.5, 0.6) is 0 Å². The maximum atomic E-state index is 6.24. The molecule has 1 aromatic carbocycles. The van der Waals surface area contributed by atoms with Crippen LogP contribution in [0.2, 0.25) is 5.02 Å². The lowest BCUT2D eigenvalue weighted by Crippen LogP contribution is -2.40. The van der Waals surface area contributed by atoms with Crippen molar-refractivity contribution in [3.05, 3.63) is 76.0 Å². The molecule has 0 N–H and O–H groups in total. The van der Waals surface area contributed by atoms with Gasteiger partial charge in [-0.2, -0.15) is 5.06 Å². The van der Waals surface area contributed by atoms with Crippen LogP contribution in [0.4, 0.5) is 0 Å². The standard InChI is InChI=1S/C18H18ClN3OS/c1-21-18(17-3-2-10-24-17,12-22-9-8-20-13-22)11-16(23-21)14-4-6-15(19)7-5-14/h2-10,13,16H,11-12H2,1H3. The Kier molecular flexibility index (Phi) is 4.18. The molecule has 0 aliphatic carbocycles. The van der Waals surface area contributed by atoms with Gasteiger partial charge in [-0.05, 0) is 29.1 Å².